The van der Waals surface area contributed by atoms with Gasteiger partial charge in [0.1, 0.15) is 5.75 Å². The van der Waals surface area contributed by atoms with Gasteiger partial charge in [0.25, 0.3) is 5.91 Å². The molecule has 0 aromatic heterocycles. The number of Topliss-reactive ketones (excluding diaryl/α,β-unsaturated/α-hetero) is 1. The van der Waals surface area contributed by atoms with Gasteiger partial charge in [0, 0.05) is 18.5 Å². The number of carbonyl (C=O) groups is 4. The highest BCUT2D eigenvalue weighted by Crippen LogP contribution is 2.15. The lowest BCUT2D eigenvalue weighted by Crippen LogP contribution is -2.41. The molecular weight excluding hydrogens is 364 g/mol. The highest BCUT2D eigenvalue weighted by molar-refractivity contribution is 5.98. The molecule has 0 atom stereocenters. The summed E-state index contributed by atoms with van der Waals surface area (Å²) < 4.78 is 10.3. The number of imide groups is 1. The molecule has 0 radical (unpaired) electrons. The Hall–Kier alpha value is -2.90. The third-order valence-corrected chi connectivity index (χ3v) is 3.70. The maximum Gasteiger partial charge on any atom is 0.321 e. The number of ketones is 1. The van der Waals surface area contributed by atoms with Crippen molar-refractivity contribution in [3.8, 4) is 5.75 Å². The Morgan fingerprint density at radius 3 is 2.32 bits per heavy atom. The van der Waals surface area contributed by atoms with Gasteiger partial charge in [-0.2, -0.15) is 0 Å². The van der Waals surface area contributed by atoms with Gasteiger partial charge in [-0.1, -0.05) is 19.8 Å². The number of amides is 3. The SMILES string of the molecule is CCCCCOc1ccc(C(=O)CCC(=O)OCC(=O)NC(=O)NCC)cc1. The first kappa shape index (κ1) is 23.1. The standard InChI is InChI=1S/C20H28N2O6/c1-3-5-6-13-27-16-9-7-15(8-10-16)17(23)11-12-19(25)28-14-18(24)22-20(26)21-4-2/h7-10H,3-6,11-14H2,1-2H3,(H2,21,22,24,26). The number of carbonyl (C=O) groups excluding carboxylic acids is 4. The molecule has 154 valence electrons. The molecule has 0 aliphatic carbocycles. The molecule has 0 unspecified atom stereocenters. The molecule has 1 aromatic rings. The van der Waals surface area contributed by atoms with Crippen molar-refractivity contribution in [3.05, 3.63) is 29.8 Å². The van der Waals surface area contributed by atoms with Gasteiger partial charge >= 0.3 is 12.0 Å². The van der Waals surface area contributed by atoms with E-state index in [9.17, 15) is 19.2 Å². The Morgan fingerprint density at radius 2 is 1.68 bits per heavy atom. The molecule has 28 heavy (non-hydrogen) atoms. The summed E-state index contributed by atoms with van der Waals surface area (Å²) in [4.78, 5) is 46.3. The van der Waals surface area contributed by atoms with E-state index in [2.05, 4.69) is 12.2 Å². The van der Waals surface area contributed by atoms with Gasteiger partial charge in [-0.25, -0.2) is 4.79 Å². The molecule has 0 saturated carbocycles. The molecule has 0 aliphatic rings. The van der Waals surface area contributed by atoms with Crippen LogP contribution in [0.1, 0.15) is 56.3 Å². The second-order valence-corrected chi connectivity index (χ2v) is 6.07. The fourth-order valence-electron chi connectivity index (χ4n) is 2.22. The number of unbranched alkanes of at least 4 members (excludes halogenated alkanes) is 2. The quantitative estimate of drug-likeness (QED) is 0.321. The van der Waals surface area contributed by atoms with E-state index in [4.69, 9.17) is 9.47 Å². The summed E-state index contributed by atoms with van der Waals surface area (Å²) in [5, 5.41) is 4.39. The van der Waals surface area contributed by atoms with Crippen LogP contribution in [0.4, 0.5) is 4.79 Å². The second kappa shape index (κ2) is 13.3. The molecule has 2 N–H and O–H groups in total. The first-order valence-electron chi connectivity index (χ1n) is 9.45. The van der Waals surface area contributed by atoms with Crippen LogP contribution in [0.3, 0.4) is 0 Å². The van der Waals surface area contributed by atoms with Gasteiger partial charge < -0.3 is 14.8 Å². The Balaban J connectivity index is 2.30. The minimum atomic E-state index is -0.736. The highest BCUT2D eigenvalue weighted by atomic mass is 16.5. The van der Waals surface area contributed by atoms with E-state index >= 15 is 0 Å². The predicted molar refractivity (Wildman–Crippen MR) is 103 cm³/mol. The summed E-state index contributed by atoms with van der Waals surface area (Å²) >= 11 is 0. The molecule has 8 nitrogen and oxygen atoms in total. The fraction of sp³-hybridized carbons (Fsp3) is 0.500. The Kier molecular flexibility index (Phi) is 11.0. The van der Waals surface area contributed by atoms with Crippen molar-refractivity contribution < 1.29 is 28.7 Å². The normalized spacial score (nSPS) is 10.1. The summed E-state index contributed by atoms with van der Waals surface area (Å²) in [5.74, 6) is -0.929. The van der Waals surface area contributed by atoms with E-state index < -0.39 is 24.5 Å². The zero-order valence-corrected chi connectivity index (χ0v) is 16.4. The Bertz CT molecular complexity index is 657. The zero-order chi connectivity index (χ0) is 20.8. The summed E-state index contributed by atoms with van der Waals surface area (Å²) in [5.41, 5.74) is 0.475. The minimum absolute atomic E-state index is 0.0342. The molecule has 1 aromatic carbocycles. The largest absolute Gasteiger partial charge is 0.494 e. The van der Waals surface area contributed by atoms with Crippen LogP contribution in [-0.2, 0) is 14.3 Å². The summed E-state index contributed by atoms with van der Waals surface area (Å²) in [6, 6.07) is 6.11. The predicted octanol–water partition coefficient (Wildman–Crippen LogP) is 2.61. The number of nitrogens with one attached hydrogen (secondary N) is 2. The van der Waals surface area contributed by atoms with E-state index in [1.165, 1.54) is 0 Å². The first-order valence-corrected chi connectivity index (χ1v) is 9.45. The second-order valence-electron chi connectivity index (χ2n) is 6.07. The van der Waals surface area contributed by atoms with Crippen LogP contribution in [0, 0.1) is 0 Å². The van der Waals surface area contributed by atoms with Crippen LogP contribution in [0.2, 0.25) is 0 Å². The third kappa shape index (κ3) is 9.70. The van der Waals surface area contributed by atoms with Crippen molar-refractivity contribution >= 4 is 23.7 Å². The number of urea groups is 1. The van der Waals surface area contributed by atoms with Crippen molar-refractivity contribution in [3.63, 3.8) is 0 Å². The van der Waals surface area contributed by atoms with Crippen LogP contribution in [0.5, 0.6) is 5.75 Å². The van der Waals surface area contributed by atoms with Crippen molar-refractivity contribution in [2.24, 2.45) is 0 Å². The molecule has 8 heteroatoms. The van der Waals surface area contributed by atoms with Crippen LogP contribution >= 0.6 is 0 Å². The Labute approximate surface area is 165 Å². The first-order chi connectivity index (χ1) is 13.5. The Morgan fingerprint density at radius 1 is 0.964 bits per heavy atom. The van der Waals surface area contributed by atoms with Crippen molar-refractivity contribution in [1.82, 2.24) is 10.6 Å². The van der Waals surface area contributed by atoms with E-state index in [0.29, 0.717) is 24.5 Å². The van der Waals surface area contributed by atoms with Crippen LogP contribution in [0.25, 0.3) is 0 Å². The fourth-order valence-corrected chi connectivity index (χ4v) is 2.22. The molecule has 1 rings (SSSR count). The molecular formula is C20H28N2O6. The molecule has 0 saturated heterocycles. The summed E-state index contributed by atoms with van der Waals surface area (Å²) in [7, 11) is 0. The average molecular weight is 392 g/mol. The van der Waals surface area contributed by atoms with Crippen LogP contribution in [-0.4, -0.2) is 43.4 Å². The molecule has 0 aliphatic heterocycles. The van der Waals surface area contributed by atoms with Gasteiger partial charge in [-0.05, 0) is 37.6 Å². The minimum Gasteiger partial charge on any atom is -0.494 e. The molecule has 0 heterocycles. The molecule has 0 fully saturated rings. The topological polar surface area (TPSA) is 111 Å². The van der Waals surface area contributed by atoms with E-state index in [1.54, 1.807) is 31.2 Å². The molecule has 0 bridgehead atoms. The number of hydrogen-bond acceptors (Lipinski definition) is 6. The number of esters is 1. The molecule has 3 amide bonds. The van der Waals surface area contributed by atoms with Crippen LogP contribution in [0.15, 0.2) is 24.3 Å². The monoisotopic (exact) mass is 392 g/mol. The third-order valence-electron chi connectivity index (χ3n) is 3.70. The summed E-state index contributed by atoms with van der Waals surface area (Å²) in [6.45, 7) is 4.26. The lowest BCUT2D eigenvalue weighted by Gasteiger charge is -2.07. The van der Waals surface area contributed by atoms with Crippen molar-refractivity contribution in [2.75, 3.05) is 19.8 Å². The van der Waals surface area contributed by atoms with E-state index in [1.807, 2.05) is 5.32 Å². The maximum absolute atomic E-state index is 12.1. The number of benzene rings is 1. The summed E-state index contributed by atoms with van der Waals surface area (Å²) in [6.07, 6.45) is 3.04. The van der Waals surface area contributed by atoms with E-state index in [-0.39, 0.29) is 18.6 Å². The number of hydrogen-bond donors (Lipinski definition) is 2. The van der Waals surface area contributed by atoms with Crippen LogP contribution < -0.4 is 15.4 Å². The maximum atomic E-state index is 12.1. The lowest BCUT2D eigenvalue weighted by atomic mass is 10.1. The average Bonchev–Trinajstić information content (AvgIpc) is 2.68. The molecule has 0 spiro atoms. The number of ether oxygens (including phenoxy) is 2. The van der Waals surface area contributed by atoms with Gasteiger partial charge in [0.15, 0.2) is 12.4 Å². The van der Waals surface area contributed by atoms with Crippen molar-refractivity contribution in [1.29, 1.82) is 0 Å². The number of rotatable bonds is 12. The van der Waals surface area contributed by atoms with Gasteiger partial charge in [-0.15, -0.1) is 0 Å². The van der Waals surface area contributed by atoms with Gasteiger partial charge in [-0.3, -0.25) is 19.7 Å². The highest BCUT2D eigenvalue weighted by Gasteiger charge is 2.13. The smallest absolute Gasteiger partial charge is 0.321 e. The van der Waals surface area contributed by atoms with Gasteiger partial charge in [0.05, 0.1) is 13.0 Å². The lowest BCUT2D eigenvalue weighted by molar-refractivity contribution is -0.148. The zero-order valence-electron chi connectivity index (χ0n) is 16.4. The van der Waals surface area contributed by atoms with Crippen molar-refractivity contribution in [2.45, 2.75) is 46.0 Å². The van der Waals surface area contributed by atoms with Gasteiger partial charge in [0.2, 0.25) is 0 Å². The van der Waals surface area contributed by atoms with E-state index in [0.717, 1.165) is 19.3 Å².